The van der Waals surface area contributed by atoms with E-state index < -0.39 is 0 Å². The summed E-state index contributed by atoms with van der Waals surface area (Å²) in [4.78, 5) is 11.7. The number of hydrogen-bond donors (Lipinski definition) is 1. The Bertz CT molecular complexity index is 542. The first-order chi connectivity index (χ1) is 7.70. The summed E-state index contributed by atoms with van der Waals surface area (Å²) in [7, 11) is 0. The second kappa shape index (κ2) is 4.70. The fourth-order valence-corrected chi connectivity index (χ4v) is 2.04. The highest BCUT2D eigenvalue weighted by molar-refractivity contribution is 9.10. The topological polar surface area (TPSA) is 37.8 Å². The Balaban J connectivity index is 2.44. The van der Waals surface area contributed by atoms with Gasteiger partial charge in [-0.05, 0) is 24.6 Å². The van der Waals surface area contributed by atoms with Gasteiger partial charge in [-0.1, -0.05) is 35.3 Å². The van der Waals surface area contributed by atoms with Gasteiger partial charge in [-0.25, -0.2) is 4.68 Å². The van der Waals surface area contributed by atoms with E-state index in [0.29, 0.717) is 0 Å². The molecular formula is C12H13BrN2O. The van der Waals surface area contributed by atoms with Gasteiger partial charge in [-0.3, -0.25) is 9.89 Å². The van der Waals surface area contributed by atoms with E-state index in [2.05, 4.69) is 28.0 Å². The third kappa shape index (κ3) is 2.27. The predicted octanol–water partition coefficient (Wildman–Crippen LogP) is 2.88. The molecule has 0 saturated heterocycles. The molecule has 2 aromatic rings. The molecule has 0 aliphatic heterocycles. The van der Waals surface area contributed by atoms with E-state index in [1.165, 1.54) is 0 Å². The molecule has 0 aliphatic carbocycles. The van der Waals surface area contributed by atoms with E-state index >= 15 is 0 Å². The molecule has 3 nitrogen and oxygen atoms in total. The maximum Gasteiger partial charge on any atom is 0.271 e. The molecule has 0 fully saturated rings. The van der Waals surface area contributed by atoms with E-state index in [1.54, 1.807) is 10.7 Å². The third-order valence-electron chi connectivity index (χ3n) is 2.36. The van der Waals surface area contributed by atoms with Crippen LogP contribution in [0.1, 0.15) is 19.0 Å². The Morgan fingerprint density at radius 3 is 2.88 bits per heavy atom. The number of nitrogens with one attached hydrogen (secondary N) is 1. The summed E-state index contributed by atoms with van der Waals surface area (Å²) >= 11 is 3.39. The van der Waals surface area contributed by atoms with Crippen LogP contribution in [0.5, 0.6) is 0 Å². The van der Waals surface area contributed by atoms with Crippen molar-refractivity contribution in [2.75, 3.05) is 0 Å². The number of rotatable bonds is 3. The van der Waals surface area contributed by atoms with Gasteiger partial charge in [-0.15, -0.1) is 0 Å². The lowest BCUT2D eigenvalue weighted by atomic mass is 10.3. The molecule has 1 aromatic carbocycles. The summed E-state index contributed by atoms with van der Waals surface area (Å²) < 4.78 is 2.53. The highest BCUT2D eigenvalue weighted by Gasteiger charge is 2.04. The molecule has 0 atom stereocenters. The van der Waals surface area contributed by atoms with Crippen LogP contribution in [-0.2, 0) is 6.42 Å². The van der Waals surface area contributed by atoms with Crippen LogP contribution in [0.15, 0.2) is 39.6 Å². The molecular weight excluding hydrogens is 268 g/mol. The second-order valence-electron chi connectivity index (χ2n) is 3.68. The monoisotopic (exact) mass is 280 g/mol. The van der Waals surface area contributed by atoms with Crippen LogP contribution in [-0.4, -0.2) is 9.78 Å². The van der Waals surface area contributed by atoms with Crippen LogP contribution < -0.4 is 5.56 Å². The van der Waals surface area contributed by atoms with Crippen molar-refractivity contribution in [2.24, 2.45) is 0 Å². The number of hydrogen-bond acceptors (Lipinski definition) is 1. The van der Waals surface area contributed by atoms with Gasteiger partial charge in [0.25, 0.3) is 5.56 Å². The van der Waals surface area contributed by atoms with E-state index in [-0.39, 0.29) is 5.56 Å². The summed E-state index contributed by atoms with van der Waals surface area (Å²) in [6, 6.07) is 9.31. The minimum absolute atomic E-state index is 0.0125. The van der Waals surface area contributed by atoms with Crippen molar-refractivity contribution in [3.8, 4) is 5.69 Å². The zero-order chi connectivity index (χ0) is 11.5. The Morgan fingerprint density at radius 1 is 1.38 bits per heavy atom. The summed E-state index contributed by atoms with van der Waals surface area (Å²) in [6.07, 6.45) is 1.93. The molecule has 0 aliphatic rings. The van der Waals surface area contributed by atoms with Crippen molar-refractivity contribution in [3.63, 3.8) is 0 Å². The standard InChI is InChI=1S/C12H13BrN2O/c1-2-4-10-8-12(16)15(14-10)11-6-3-5-9(13)7-11/h3,5-8,14H,2,4H2,1H3. The normalized spacial score (nSPS) is 10.6. The number of halogens is 1. The lowest BCUT2D eigenvalue weighted by Crippen LogP contribution is -2.13. The van der Waals surface area contributed by atoms with Crippen LogP contribution in [0, 0.1) is 0 Å². The van der Waals surface area contributed by atoms with Gasteiger partial charge in [0.1, 0.15) is 0 Å². The minimum Gasteiger partial charge on any atom is -0.295 e. The molecule has 1 heterocycles. The Morgan fingerprint density at radius 2 is 2.19 bits per heavy atom. The van der Waals surface area contributed by atoms with E-state index in [0.717, 1.165) is 28.7 Å². The predicted molar refractivity (Wildman–Crippen MR) is 68.1 cm³/mol. The summed E-state index contributed by atoms with van der Waals surface area (Å²) in [6.45, 7) is 2.09. The fourth-order valence-electron chi connectivity index (χ4n) is 1.65. The number of benzene rings is 1. The van der Waals surface area contributed by atoms with Gasteiger partial charge in [0.15, 0.2) is 0 Å². The van der Waals surface area contributed by atoms with Crippen LogP contribution in [0.25, 0.3) is 5.69 Å². The SMILES string of the molecule is CCCc1cc(=O)n(-c2cccc(Br)c2)[nH]1. The fraction of sp³-hybridized carbons (Fsp3) is 0.250. The number of H-pyrrole nitrogens is 1. The maximum absolute atomic E-state index is 11.7. The smallest absolute Gasteiger partial charge is 0.271 e. The van der Waals surface area contributed by atoms with Crippen LogP contribution in [0.3, 0.4) is 0 Å². The Hall–Kier alpha value is -1.29. The molecule has 1 aromatic heterocycles. The molecule has 0 unspecified atom stereocenters. The van der Waals surface area contributed by atoms with Crippen molar-refractivity contribution in [1.82, 2.24) is 9.78 Å². The molecule has 4 heteroatoms. The van der Waals surface area contributed by atoms with Gasteiger partial charge < -0.3 is 0 Å². The minimum atomic E-state index is -0.0125. The molecule has 0 radical (unpaired) electrons. The van der Waals surface area contributed by atoms with Crippen molar-refractivity contribution < 1.29 is 0 Å². The van der Waals surface area contributed by atoms with E-state index in [9.17, 15) is 4.79 Å². The van der Waals surface area contributed by atoms with Crippen molar-refractivity contribution in [3.05, 3.63) is 50.9 Å². The summed E-state index contributed by atoms with van der Waals surface area (Å²) in [5.74, 6) is 0. The number of aryl methyl sites for hydroxylation is 1. The number of aromatic nitrogens is 2. The quantitative estimate of drug-likeness (QED) is 0.923. The molecule has 0 saturated carbocycles. The first-order valence-corrected chi connectivity index (χ1v) is 6.07. The lowest BCUT2D eigenvalue weighted by molar-refractivity contribution is 0.793. The Kier molecular flexibility index (Phi) is 3.29. The first-order valence-electron chi connectivity index (χ1n) is 5.27. The summed E-state index contributed by atoms with van der Waals surface area (Å²) in [5.41, 5.74) is 1.82. The zero-order valence-corrected chi connectivity index (χ0v) is 10.6. The molecule has 0 spiro atoms. The van der Waals surface area contributed by atoms with E-state index in [4.69, 9.17) is 0 Å². The maximum atomic E-state index is 11.7. The van der Waals surface area contributed by atoms with Crippen molar-refractivity contribution >= 4 is 15.9 Å². The molecule has 0 bridgehead atoms. The number of nitrogens with zero attached hydrogens (tertiary/aromatic N) is 1. The third-order valence-corrected chi connectivity index (χ3v) is 2.85. The molecule has 0 amide bonds. The van der Waals surface area contributed by atoms with Crippen molar-refractivity contribution in [1.29, 1.82) is 0 Å². The Labute approximate surface area is 102 Å². The second-order valence-corrected chi connectivity index (χ2v) is 4.60. The lowest BCUT2D eigenvalue weighted by Gasteiger charge is -2.02. The highest BCUT2D eigenvalue weighted by atomic mass is 79.9. The van der Waals surface area contributed by atoms with Crippen molar-refractivity contribution in [2.45, 2.75) is 19.8 Å². The largest absolute Gasteiger partial charge is 0.295 e. The molecule has 2 rings (SSSR count). The average Bonchev–Trinajstić information content (AvgIpc) is 2.60. The van der Waals surface area contributed by atoms with Gasteiger partial charge in [0.05, 0.1) is 5.69 Å². The molecule has 1 N–H and O–H groups in total. The molecule has 84 valence electrons. The van der Waals surface area contributed by atoms with Gasteiger partial charge in [0, 0.05) is 16.2 Å². The first kappa shape index (κ1) is 11.2. The van der Waals surface area contributed by atoms with Crippen LogP contribution >= 0.6 is 15.9 Å². The summed E-state index contributed by atoms with van der Waals surface area (Å²) in [5, 5.41) is 3.11. The van der Waals surface area contributed by atoms with Crippen LogP contribution in [0.2, 0.25) is 0 Å². The highest BCUT2D eigenvalue weighted by Crippen LogP contribution is 2.13. The zero-order valence-electron chi connectivity index (χ0n) is 9.03. The van der Waals surface area contributed by atoms with Crippen LogP contribution in [0.4, 0.5) is 0 Å². The molecule has 16 heavy (non-hydrogen) atoms. The van der Waals surface area contributed by atoms with E-state index in [1.807, 2.05) is 24.3 Å². The average molecular weight is 281 g/mol. The van der Waals surface area contributed by atoms with Gasteiger partial charge >= 0.3 is 0 Å². The number of aromatic amines is 1. The van der Waals surface area contributed by atoms with Gasteiger partial charge in [0.2, 0.25) is 0 Å². The van der Waals surface area contributed by atoms with Gasteiger partial charge in [-0.2, -0.15) is 0 Å².